The van der Waals surface area contributed by atoms with Gasteiger partial charge in [0.1, 0.15) is 0 Å². The highest BCUT2D eigenvalue weighted by Gasteiger charge is 2.18. The Kier molecular flexibility index (Phi) is 5.91. The molecule has 17 heavy (non-hydrogen) atoms. The van der Waals surface area contributed by atoms with Crippen LogP contribution in [-0.2, 0) is 9.47 Å². The summed E-state index contributed by atoms with van der Waals surface area (Å²) in [6, 6.07) is 7.53. The molecule has 1 atom stereocenters. The number of aliphatic hydroxyl groups is 1. The molecule has 3 heteroatoms. The molecule has 1 rings (SSSR count). The summed E-state index contributed by atoms with van der Waals surface area (Å²) in [7, 11) is 0. The first-order valence-electron chi connectivity index (χ1n) is 5.87. The van der Waals surface area contributed by atoms with Gasteiger partial charge < -0.3 is 14.6 Å². The highest BCUT2D eigenvalue weighted by molar-refractivity contribution is 5.32. The van der Waals surface area contributed by atoms with Crippen molar-refractivity contribution >= 4 is 0 Å². The minimum atomic E-state index is -0.699. The smallest absolute Gasteiger partial charge is 0.184 e. The Balaban J connectivity index is 3.03. The largest absolute Gasteiger partial charge is 0.384 e. The summed E-state index contributed by atoms with van der Waals surface area (Å²) >= 11 is 0. The molecule has 1 aromatic rings. The van der Waals surface area contributed by atoms with Crippen LogP contribution >= 0.6 is 0 Å². The number of aliphatic hydroxyl groups excluding tert-OH is 1. The van der Waals surface area contributed by atoms with E-state index in [9.17, 15) is 5.11 Å². The van der Waals surface area contributed by atoms with Gasteiger partial charge in [-0.15, -0.1) is 6.58 Å². The molecule has 0 heterocycles. The van der Waals surface area contributed by atoms with E-state index in [4.69, 9.17) is 9.47 Å². The maximum absolute atomic E-state index is 9.87. The maximum Gasteiger partial charge on any atom is 0.184 e. The molecule has 0 saturated heterocycles. The fourth-order valence-corrected chi connectivity index (χ4v) is 1.65. The summed E-state index contributed by atoms with van der Waals surface area (Å²) in [4.78, 5) is 0. The summed E-state index contributed by atoms with van der Waals surface area (Å²) in [6.07, 6.45) is 0.360. The van der Waals surface area contributed by atoms with Gasteiger partial charge in [-0.3, -0.25) is 0 Å². The Hall–Kier alpha value is -1.16. The van der Waals surface area contributed by atoms with Gasteiger partial charge in [0, 0.05) is 18.8 Å². The average molecular weight is 236 g/mol. The van der Waals surface area contributed by atoms with Crippen molar-refractivity contribution < 1.29 is 14.6 Å². The zero-order valence-electron chi connectivity index (χ0n) is 10.4. The van der Waals surface area contributed by atoms with E-state index in [-0.39, 0.29) is 0 Å². The Morgan fingerprint density at radius 3 is 2.18 bits per heavy atom. The van der Waals surface area contributed by atoms with E-state index in [1.165, 1.54) is 6.08 Å². The normalized spacial score (nSPS) is 12.7. The van der Waals surface area contributed by atoms with E-state index >= 15 is 0 Å². The van der Waals surface area contributed by atoms with Crippen LogP contribution in [0.25, 0.3) is 0 Å². The van der Waals surface area contributed by atoms with Crippen LogP contribution < -0.4 is 0 Å². The van der Waals surface area contributed by atoms with E-state index < -0.39 is 12.4 Å². The van der Waals surface area contributed by atoms with Crippen LogP contribution in [0.4, 0.5) is 0 Å². The van der Waals surface area contributed by atoms with Gasteiger partial charge in [0.2, 0.25) is 0 Å². The molecule has 1 N–H and O–H groups in total. The number of rotatable bonds is 7. The lowest BCUT2D eigenvalue weighted by Gasteiger charge is -2.21. The third-order valence-corrected chi connectivity index (χ3v) is 2.43. The third kappa shape index (κ3) is 3.66. The number of hydrogen-bond acceptors (Lipinski definition) is 3. The van der Waals surface area contributed by atoms with E-state index in [0.29, 0.717) is 13.2 Å². The lowest BCUT2D eigenvalue weighted by Crippen LogP contribution is -2.12. The molecule has 0 saturated carbocycles. The molecule has 0 aliphatic carbocycles. The molecule has 0 amide bonds. The third-order valence-electron chi connectivity index (χ3n) is 2.43. The maximum atomic E-state index is 9.87. The van der Waals surface area contributed by atoms with Gasteiger partial charge in [0.05, 0.1) is 6.10 Å². The molecule has 1 aromatic carbocycles. The molecule has 0 spiro atoms. The summed E-state index contributed by atoms with van der Waals surface area (Å²) in [5, 5.41) is 9.87. The standard InChI is InChI=1S/C14H20O3/c1-4-13(15)11-9-7-8-10-12(11)14(16-5-2)17-6-3/h4,7-10,13-15H,1,5-6H2,2-3H3. The molecule has 0 bridgehead atoms. The first kappa shape index (κ1) is 13.9. The van der Waals surface area contributed by atoms with Crippen LogP contribution in [0, 0.1) is 0 Å². The van der Waals surface area contributed by atoms with Crippen molar-refractivity contribution in [2.24, 2.45) is 0 Å². The van der Waals surface area contributed by atoms with Gasteiger partial charge in [-0.2, -0.15) is 0 Å². The van der Waals surface area contributed by atoms with Crippen molar-refractivity contribution in [2.75, 3.05) is 13.2 Å². The molecular formula is C14H20O3. The molecule has 0 fully saturated rings. The zero-order valence-corrected chi connectivity index (χ0v) is 10.4. The SMILES string of the molecule is C=CC(O)c1ccccc1C(OCC)OCC. The van der Waals surface area contributed by atoms with E-state index in [0.717, 1.165) is 11.1 Å². The van der Waals surface area contributed by atoms with Crippen LogP contribution in [-0.4, -0.2) is 18.3 Å². The topological polar surface area (TPSA) is 38.7 Å². The lowest BCUT2D eigenvalue weighted by atomic mass is 10.0. The molecule has 1 unspecified atom stereocenters. The van der Waals surface area contributed by atoms with Crippen molar-refractivity contribution in [1.82, 2.24) is 0 Å². The van der Waals surface area contributed by atoms with Crippen LogP contribution in [0.3, 0.4) is 0 Å². The van der Waals surface area contributed by atoms with Crippen molar-refractivity contribution in [1.29, 1.82) is 0 Å². The summed E-state index contributed by atoms with van der Waals surface area (Å²) in [5.74, 6) is 0. The van der Waals surface area contributed by atoms with Gasteiger partial charge >= 0.3 is 0 Å². The van der Waals surface area contributed by atoms with Gasteiger partial charge in [-0.05, 0) is 19.4 Å². The average Bonchev–Trinajstić information content (AvgIpc) is 2.37. The summed E-state index contributed by atoms with van der Waals surface area (Å²) in [6.45, 7) is 8.55. The van der Waals surface area contributed by atoms with Crippen molar-refractivity contribution in [3.05, 3.63) is 48.0 Å². The predicted octanol–water partition coefficient (Wildman–Crippen LogP) is 2.98. The van der Waals surface area contributed by atoms with Gasteiger partial charge in [-0.25, -0.2) is 0 Å². The second kappa shape index (κ2) is 7.22. The second-order valence-electron chi connectivity index (χ2n) is 3.55. The molecule has 3 nitrogen and oxygen atoms in total. The van der Waals surface area contributed by atoms with Gasteiger partial charge in [-0.1, -0.05) is 30.3 Å². The van der Waals surface area contributed by atoms with Crippen LogP contribution in [0.2, 0.25) is 0 Å². The van der Waals surface area contributed by atoms with Crippen molar-refractivity contribution in [2.45, 2.75) is 26.2 Å². The minimum absolute atomic E-state index is 0.434. The van der Waals surface area contributed by atoms with Crippen molar-refractivity contribution in [3.8, 4) is 0 Å². The summed E-state index contributed by atoms with van der Waals surface area (Å²) in [5.41, 5.74) is 1.62. The minimum Gasteiger partial charge on any atom is -0.384 e. The molecule has 0 radical (unpaired) electrons. The first-order chi connectivity index (χ1) is 8.24. The van der Waals surface area contributed by atoms with Crippen molar-refractivity contribution in [3.63, 3.8) is 0 Å². The van der Waals surface area contributed by atoms with Crippen LogP contribution in [0.15, 0.2) is 36.9 Å². The van der Waals surface area contributed by atoms with Gasteiger partial charge in [0.15, 0.2) is 6.29 Å². The molecule has 0 aliphatic rings. The van der Waals surface area contributed by atoms with Crippen LogP contribution in [0.5, 0.6) is 0 Å². The lowest BCUT2D eigenvalue weighted by molar-refractivity contribution is -0.141. The highest BCUT2D eigenvalue weighted by atomic mass is 16.7. The molecule has 0 aliphatic heterocycles. The quantitative estimate of drug-likeness (QED) is 0.584. The highest BCUT2D eigenvalue weighted by Crippen LogP contribution is 2.27. The van der Waals surface area contributed by atoms with Crippen LogP contribution in [0.1, 0.15) is 37.4 Å². The Labute approximate surface area is 103 Å². The Morgan fingerprint density at radius 1 is 1.18 bits per heavy atom. The Bertz CT molecular complexity index is 343. The molecule has 0 aromatic heterocycles. The molecular weight excluding hydrogens is 216 g/mol. The number of benzene rings is 1. The van der Waals surface area contributed by atoms with E-state index in [1.807, 2.05) is 38.1 Å². The monoisotopic (exact) mass is 236 g/mol. The number of hydrogen-bond donors (Lipinski definition) is 1. The van der Waals surface area contributed by atoms with E-state index in [2.05, 4.69) is 6.58 Å². The fraction of sp³-hybridized carbons (Fsp3) is 0.429. The molecule has 94 valence electrons. The fourth-order valence-electron chi connectivity index (χ4n) is 1.65. The predicted molar refractivity (Wildman–Crippen MR) is 67.6 cm³/mol. The second-order valence-corrected chi connectivity index (χ2v) is 3.55. The summed E-state index contributed by atoms with van der Waals surface area (Å²) < 4.78 is 11.1. The van der Waals surface area contributed by atoms with Gasteiger partial charge in [0.25, 0.3) is 0 Å². The van der Waals surface area contributed by atoms with E-state index in [1.54, 1.807) is 0 Å². The number of ether oxygens (including phenoxy) is 2. The Morgan fingerprint density at radius 2 is 1.71 bits per heavy atom. The zero-order chi connectivity index (χ0) is 12.7. The first-order valence-corrected chi connectivity index (χ1v) is 5.87.